The van der Waals surface area contributed by atoms with Crippen LogP contribution in [0.1, 0.15) is 37.8 Å². The Morgan fingerprint density at radius 1 is 1.29 bits per heavy atom. The largest absolute Gasteiger partial charge is 0.480 e. The first-order valence-corrected chi connectivity index (χ1v) is 7.32. The molecule has 1 aromatic rings. The van der Waals surface area contributed by atoms with Gasteiger partial charge in [0.2, 0.25) is 5.91 Å². The zero-order valence-corrected chi connectivity index (χ0v) is 12.5. The van der Waals surface area contributed by atoms with Crippen LogP contribution < -0.4 is 5.73 Å². The highest BCUT2D eigenvalue weighted by atomic mass is 16.4. The number of carbonyl (C=O) groups is 2. The molecule has 5 nitrogen and oxygen atoms in total. The smallest absolute Gasteiger partial charge is 0.326 e. The fraction of sp³-hybridized carbons (Fsp3) is 0.500. The van der Waals surface area contributed by atoms with Crippen LogP contribution in [0.3, 0.4) is 0 Å². The van der Waals surface area contributed by atoms with Crippen LogP contribution in [0.2, 0.25) is 0 Å². The lowest BCUT2D eigenvalue weighted by Gasteiger charge is -2.39. The van der Waals surface area contributed by atoms with Gasteiger partial charge in [0, 0.05) is 13.0 Å². The van der Waals surface area contributed by atoms with Crippen LogP contribution in [0, 0.1) is 0 Å². The Hall–Kier alpha value is -1.88. The molecule has 114 valence electrons. The topological polar surface area (TPSA) is 83.6 Å². The molecule has 5 heteroatoms. The van der Waals surface area contributed by atoms with Gasteiger partial charge in [-0.25, -0.2) is 4.79 Å². The average molecular weight is 290 g/mol. The predicted octanol–water partition coefficient (Wildman–Crippen LogP) is 1.54. The van der Waals surface area contributed by atoms with Crippen molar-refractivity contribution >= 4 is 11.9 Å². The van der Waals surface area contributed by atoms with Crippen molar-refractivity contribution in [1.82, 2.24) is 4.90 Å². The zero-order valence-electron chi connectivity index (χ0n) is 12.5. The van der Waals surface area contributed by atoms with Gasteiger partial charge in [0.1, 0.15) is 6.04 Å². The highest BCUT2D eigenvalue weighted by Crippen LogP contribution is 2.27. The Morgan fingerprint density at radius 3 is 2.38 bits per heavy atom. The maximum absolute atomic E-state index is 12.7. The number of nitrogens with zero attached hydrogens (tertiary/aromatic N) is 1. The number of amides is 1. The lowest BCUT2D eigenvalue weighted by molar-refractivity contribution is -0.154. The summed E-state index contributed by atoms with van der Waals surface area (Å²) in [5, 5.41) is 9.46. The summed E-state index contributed by atoms with van der Waals surface area (Å²) < 4.78 is 0. The normalized spacial score (nSPS) is 18.2. The third-order valence-corrected chi connectivity index (χ3v) is 4.48. The van der Waals surface area contributed by atoms with Crippen LogP contribution in [0.15, 0.2) is 24.3 Å². The quantitative estimate of drug-likeness (QED) is 0.881. The Balaban J connectivity index is 2.37. The number of fused-ring (bicyclic) bond motifs is 1. The van der Waals surface area contributed by atoms with Crippen LogP contribution >= 0.6 is 0 Å². The number of carboxylic acids is 1. The molecule has 0 saturated heterocycles. The molecule has 1 amide bonds. The van der Waals surface area contributed by atoms with E-state index in [0.717, 1.165) is 11.1 Å². The molecule has 21 heavy (non-hydrogen) atoms. The summed E-state index contributed by atoms with van der Waals surface area (Å²) in [6.45, 7) is 4.02. The van der Waals surface area contributed by atoms with E-state index in [0.29, 0.717) is 25.8 Å². The van der Waals surface area contributed by atoms with Gasteiger partial charge in [-0.1, -0.05) is 38.1 Å². The maximum atomic E-state index is 12.7. The van der Waals surface area contributed by atoms with Crippen molar-refractivity contribution in [3.63, 3.8) is 0 Å². The van der Waals surface area contributed by atoms with E-state index in [2.05, 4.69) is 0 Å². The molecule has 0 aromatic heterocycles. The minimum Gasteiger partial charge on any atom is -0.480 e. The molecule has 1 aromatic carbocycles. The van der Waals surface area contributed by atoms with Gasteiger partial charge in [0.05, 0.1) is 5.54 Å². The first-order chi connectivity index (χ1) is 9.92. The minimum absolute atomic E-state index is 0.269. The molecular formula is C16H22N2O3. The molecule has 1 heterocycles. The summed E-state index contributed by atoms with van der Waals surface area (Å²) in [6.07, 6.45) is 1.32. The molecule has 1 aliphatic heterocycles. The molecule has 0 saturated carbocycles. The molecule has 0 spiro atoms. The summed E-state index contributed by atoms with van der Waals surface area (Å²) >= 11 is 0. The standard InChI is InChI=1S/C16H22N2O3/c1-3-16(17,4-2)15(21)18-10-12-8-6-5-7-11(12)9-13(18)14(19)20/h5-8,13H,3-4,9-10,17H2,1-2H3,(H,19,20). The first kappa shape index (κ1) is 15.5. The molecular weight excluding hydrogens is 268 g/mol. The molecule has 0 aliphatic carbocycles. The second-order valence-corrected chi connectivity index (χ2v) is 5.62. The number of benzene rings is 1. The Kier molecular flexibility index (Phi) is 4.32. The van der Waals surface area contributed by atoms with E-state index in [1.165, 1.54) is 4.90 Å². The molecule has 1 aliphatic rings. The second kappa shape index (κ2) is 5.85. The average Bonchev–Trinajstić information content (AvgIpc) is 2.52. The number of aliphatic carboxylic acids is 1. The van der Waals surface area contributed by atoms with E-state index in [1.807, 2.05) is 38.1 Å². The van der Waals surface area contributed by atoms with Crippen molar-refractivity contribution in [2.45, 2.75) is 51.2 Å². The molecule has 1 atom stereocenters. The van der Waals surface area contributed by atoms with Gasteiger partial charge in [0.25, 0.3) is 0 Å². The maximum Gasteiger partial charge on any atom is 0.326 e. The van der Waals surface area contributed by atoms with Crippen molar-refractivity contribution in [3.05, 3.63) is 35.4 Å². The molecule has 1 unspecified atom stereocenters. The van der Waals surface area contributed by atoms with E-state index in [-0.39, 0.29) is 5.91 Å². The lowest BCUT2D eigenvalue weighted by atomic mass is 9.88. The van der Waals surface area contributed by atoms with Crippen LogP contribution in [0.4, 0.5) is 0 Å². The van der Waals surface area contributed by atoms with Crippen molar-refractivity contribution in [3.8, 4) is 0 Å². The number of hydrogen-bond donors (Lipinski definition) is 2. The van der Waals surface area contributed by atoms with E-state index in [9.17, 15) is 14.7 Å². The minimum atomic E-state index is -0.986. The Bertz CT molecular complexity index is 552. The van der Waals surface area contributed by atoms with Crippen LogP contribution in [-0.2, 0) is 22.6 Å². The van der Waals surface area contributed by atoms with Gasteiger partial charge in [-0.05, 0) is 24.0 Å². The van der Waals surface area contributed by atoms with Crippen LogP contribution in [0.5, 0.6) is 0 Å². The summed E-state index contributed by atoms with van der Waals surface area (Å²) in [6, 6.07) is 6.80. The third kappa shape index (κ3) is 2.78. The molecule has 2 rings (SSSR count). The fourth-order valence-electron chi connectivity index (χ4n) is 2.80. The molecule has 0 fully saturated rings. The fourth-order valence-corrected chi connectivity index (χ4v) is 2.80. The Morgan fingerprint density at radius 2 is 1.86 bits per heavy atom. The van der Waals surface area contributed by atoms with Crippen LogP contribution in [0.25, 0.3) is 0 Å². The summed E-state index contributed by atoms with van der Waals surface area (Å²) in [7, 11) is 0. The zero-order chi connectivity index (χ0) is 15.6. The highest BCUT2D eigenvalue weighted by Gasteiger charge is 2.41. The van der Waals surface area contributed by atoms with Gasteiger partial charge in [0.15, 0.2) is 0 Å². The molecule has 0 radical (unpaired) electrons. The van der Waals surface area contributed by atoms with Gasteiger partial charge in [-0.3, -0.25) is 4.79 Å². The van der Waals surface area contributed by atoms with Crippen molar-refractivity contribution < 1.29 is 14.7 Å². The van der Waals surface area contributed by atoms with Crippen LogP contribution in [-0.4, -0.2) is 33.5 Å². The van der Waals surface area contributed by atoms with Crippen molar-refractivity contribution in [2.75, 3.05) is 0 Å². The summed E-state index contributed by atoms with van der Waals surface area (Å²) in [5.74, 6) is -1.25. The van der Waals surface area contributed by atoms with E-state index in [1.54, 1.807) is 0 Å². The van der Waals surface area contributed by atoms with Gasteiger partial charge in [-0.15, -0.1) is 0 Å². The lowest BCUT2D eigenvalue weighted by Crippen LogP contribution is -2.59. The molecule has 3 N–H and O–H groups in total. The number of nitrogens with two attached hydrogens (primary N) is 1. The number of rotatable bonds is 4. The SMILES string of the molecule is CCC(N)(CC)C(=O)N1Cc2ccccc2CC1C(=O)O. The van der Waals surface area contributed by atoms with Gasteiger partial charge < -0.3 is 15.7 Å². The summed E-state index contributed by atoms with van der Waals surface area (Å²) in [5.41, 5.74) is 7.17. The molecule has 0 bridgehead atoms. The monoisotopic (exact) mass is 290 g/mol. The van der Waals surface area contributed by atoms with E-state index in [4.69, 9.17) is 5.73 Å². The second-order valence-electron chi connectivity index (χ2n) is 5.62. The number of hydrogen-bond acceptors (Lipinski definition) is 3. The van der Waals surface area contributed by atoms with Gasteiger partial charge in [-0.2, -0.15) is 0 Å². The Labute approximate surface area is 124 Å². The highest BCUT2D eigenvalue weighted by molar-refractivity contribution is 5.90. The van der Waals surface area contributed by atoms with Gasteiger partial charge >= 0.3 is 5.97 Å². The first-order valence-electron chi connectivity index (χ1n) is 7.32. The third-order valence-electron chi connectivity index (χ3n) is 4.48. The van der Waals surface area contributed by atoms with Crippen molar-refractivity contribution in [1.29, 1.82) is 0 Å². The number of carboxylic acid groups (broad SMARTS) is 1. The summed E-state index contributed by atoms with van der Waals surface area (Å²) in [4.78, 5) is 25.7. The van der Waals surface area contributed by atoms with Crippen molar-refractivity contribution in [2.24, 2.45) is 5.73 Å². The predicted molar refractivity (Wildman–Crippen MR) is 79.6 cm³/mol. The van der Waals surface area contributed by atoms with E-state index < -0.39 is 17.6 Å². The number of carbonyl (C=O) groups excluding carboxylic acids is 1. The van der Waals surface area contributed by atoms with E-state index >= 15 is 0 Å².